The summed E-state index contributed by atoms with van der Waals surface area (Å²) in [7, 11) is 0. The van der Waals surface area contributed by atoms with Crippen molar-refractivity contribution < 1.29 is 9.52 Å². The van der Waals surface area contributed by atoms with E-state index in [1.807, 2.05) is 0 Å². The molecule has 0 amide bonds. The minimum absolute atomic E-state index is 0.199. The maximum atomic E-state index is 9.38. The van der Waals surface area contributed by atoms with Crippen molar-refractivity contribution in [3.8, 4) is 17.2 Å². The van der Waals surface area contributed by atoms with Crippen LogP contribution in [0.5, 0.6) is 5.75 Å². The van der Waals surface area contributed by atoms with Crippen molar-refractivity contribution in [2.24, 2.45) is 0 Å². The average Bonchev–Trinajstić information content (AvgIpc) is 2.83. The zero-order valence-corrected chi connectivity index (χ0v) is 7.64. The standard InChI is InChI=1S/C10H7N3O2/c14-6-1-2-8-7(3-6)10(13-12-8)9-4-11-5-15-9/h1-5,14H,(H,12,13). The molecule has 74 valence electrons. The molecule has 0 spiro atoms. The highest BCUT2D eigenvalue weighted by Crippen LogP contribution is 2.28. The molecular formula is C10H7N3O2. The molecule has 0 saturated heterocycles. The quantitative estimate of drug-likeness (QED) is 0.630. The fourth-order valence-corrected chi connectivity index (χ4v) is 1.52. The number of aromatic hydroxyl groups is 1. The zero-order chi connectivity index (χ0) is 10.3. The summed E-state index contributed by atoms with van der Waals surface area (Å²) < 4.78 is 5.15. The van der Waals surface area contributed by atoms with Crippen LogP contribution in [0.25, 0.3) is 22.4 Å². The Bertz CT molecular complexity index is 598. The number of aromatic amines is 1. The molecule has 15 heavy (non-hydrogen) atoms. The van der Waals surface area contributed by atoms with E-state index in [4.69, 9.17) is 4.42 Å². The molecule has 2 aromatic heterocycles. The van der Waals surface area contributed by atoms with Gasteiger partial charge in [-0.2, -0.15) is 5.10 Å². The van der Waals surface area contributed by atoms with Crippen LogP contribution < -0.4 is 0 Å². The Hall–Kier alpha value is -2.30. The number of rotatable bonds is 1. The number of fused-ring (bicyclic) bond motifs is 1. The zero-order valence-electron chi connectivity index (χ0n) is 7.64. The minimum atomic E-state index is 0.199. The molecule has 0 bridgehead atoms. The summed E-state index contributed by atoms with van der Waals surface area (Å²) in [5.41, 5.74) is 1.50. The highest BCUT2D eigenvalue weighted by molar-refractivity contribution is 5.92. The van der Waals surface area contributed by atoms with E-state index >= 15 is 0 Å². The second kappa shape index (κ2) is 2.84. The fourth-order valence-electron chi connectivity index (χ4n) is 1.52. The molecule has 0 unspecified atom stereocenters. The molecule has 0 saturated carbocycles. The first kappa shape index (κ1) is 8.05. The number of nitrogens with one attached hydrogen (secondary N) is 1. The van der Waals surface area contributed by atoms with Gasteiger partial charge in [-0.15, -0.1) is 0 Å². The lowest BCUT2D eigenvalue weighted by Gasteiger charge is -1.93. The van der Waals surface area contributed by atoms with Crippen molar-refractivity contribution in [1.82, 2.24) is 15.2 Å². The molecular weight excluding hydrogens is 194 g/mol. The number of phenolic OH excluding ortho intramolecular Hbond substituents is 1. The third-order valence-corrected chi connectivity index (χ3v) is 2.21. The van der Waals surface area contributed by atoms with Gasteiger partial charge in [-0.05, 0) is 18.2 Å². The van der Waals surface area contributed by atoms with Gasteiger partial charge in [0.05, 0.1) is 11.7 Å². The van der Waals surface area contributed by atoms with Crippen LogP contribution in [0.4, 0.5) is 0 Å². The molecule has 2 heterocycles. The van der Waals surface area contributed by atoms with E-state index in [-0.39, 0.29) is 5.75 Å². The van der Waals surface area contributed by atoms with Crippen LogP contribution in [0.3, 0.4) is 0 Å². The van der Waals surface area contributed by atoms with E-state index < -0.39 is 0 Å². The Morgan fingerprint density at radius 3 is 3.07 bits per heavy atom. The Morgan fingerprint density at radius 1 is 1.33 bits per heavy atom. The molecule has 0 aliphatic rings. The van der Waals surface area contributed by atoms with Crippen LogP contribution in [0, 0.1) is 0 Å². The van der Waals surface area contributed by atoms with Crippen LogP contribution in [-0.2, 0) is 0 Å². The first-order chi connectivity index (χ1) is 7.34. The number of benzene rings is 1. The summed E-state index contributed by atoms with van der Waals surface area (Å²) >= 11 is 0. The summed E-state index contributed by atoms with van der Waals surface area (Å²) in [5.74, 6) is 0.775. The van der Waals surface area contributed by atoms with E-state index in [1.54, 1.807) is 24.4 Å². The summed E-state index contributed by atoms with van der Waals surface area (Å²) in [6, 6.07) is 5.00. The van der Waals surface area contributed by atoms with Gasteiger partial charge in [0.1, 0.15) is 11.4 Å². The second-order valence-corrected chi connectivity index (χ2v) is 3.17. The average molecular weight is 201 g/mol. The Balaban J connectivity index is 2.32. The smallest absolute Gasteiger partial charge is 0.181 e. The number of H-pyrrole nitrogens is 1. The van der Waals surface area contributed by atoms with Gasteiger partial charge in [0.15, 0.2) is 12.2 Å². The molecule has 2 N–H and O–H groups in total. The number of hydrogen-bond acceptors (Lipinski definition) is 4. The highest BCUT2D eigenvalue weighted by atomic mass is 16.3. The number of phenols is 1. The largest absolute Gasteiger partial charge is 0.508 e. The number of nitrogens with zero attached hydrogens (tertiary/aromatic N) is 2. The molecule has 5 nitrogen and oxygen atoms in total. The number of oxazole rings is 1. The Morgan fingerprint density at radius 2 is 2.27 bits per heavy atom. The van der Waals surface area contributed by atoms with Gasteiger partial charge >= 0.3 is 0 Å². The summed E-state index contributed by atoms with van der Waals surface area (Å²) in [6.07, 6.45) is 2.93. The molecule has 0 fully saturated rings. The Labute approximate surface area is 84.4 Å². The second-order valence-electron chi connectivity index (χ2n) is 3.17. The van der Waals surface area contributed by atoms with Crippen molar-refractivity contribution in [2.75, 3.05) is 0 Å². The molecule has 1 aromatic carbocycles. The number of aromatic nitrogens is 3. The molecule has 0 atom stereocenters. The van der Waals surface area contributed by atoms with Crippen molar-refractivity contribution >= 4 is 10.9 Å². The van der Waals surface area contributed by atoms with E-state index in [1.165, 1.54) is 6.39 Å². The molecule has 5 heteroatoms. The van der Waals surface area contributed by atoms with Crippen LogP contribution in [0.2, 0.25) is 0 Å². The van der Waals surface area contributed by atoms with Crippen molar-refractivity contribution in [3.63, 3.8) is 0 Å². The topological polar surface area (TPSA) is 74.9 Å². The normalized spacial score (nSPS) is 10.9. The van der Waals surface area contributed by atoms with E-state index in [0.717, 1.165) is 10.9 Å². The van der Waals surface area contributed by atoms with Crippen molar-refractivity contribution in [3.05, 3.63) is 30.8 Å². The van der Waals surface area contributed by atoms with E-state index in [9.17, 15) is 5.11 Å². The third-order valence-electron chi connectivity index (χ3n) is 2.21. The Kier molecular flexibility index (Phi) is 1.53. The van der Waals surface area contributed by atoms with Crippen LogP contribution in [0.1, 0.15) is 0 Å². The van der Waals surface area contributed by atoms with Gasteiger partial charge in [0, 0.05) is 5.39 Å². The summed E-state index contributed by atoms with van der Waals surface area (Å²) in [5, 5.41) is 17.2. The first-order valence-corrected chi connectivity index (χ1v) is 4.40. The van der Waals surface area contributed by atoms with Gasteiger partial charge < -0.3 is 9.52 Å². The molecule has 3 aromatic rings. The fraction of sp³-hybridized carbons (Fsp3) is 0. The van der Waals surface area contributed by atoms with Gasteiger partial charge in [-0.1, -0.05) is 0 Å². The molecule has 0 aliphatic heterocycles. The SMILES string of the molecule is Oc1ccc2[nH]nc(-c3cnco3)c2c1. The number of hydrogen-bond donors (Lipinski definition) is 2. The van der Waals surface area contributed by atoms with Gasteiger partial charge in [-0.25, -0.2) is 4.98 Å². The third kappa shape index (κ3) is 1.17. The highest BCUT2D eigenvalue weighted by Gasteiger charge is 2.10. The van der Waals surface area contributed by atoms with Gasteiger partial charge in [0.25, 0.3) is 0 Å². The van der Waals surface area contributed by atoms with Gasteiger partial charge in [-0.3, -0.25) is 5.10 Å². The first-order valence-electron chi connectivity index (χ1n) is 4.40. The summed E-state index contributed by atoms with van der Waals surface area (Å²) in [6.45, 7) is 0. The molecule has 0 aliphatic carbocycles. The lowest BCUT2D eigenvalue weighted by molar-refractivity contribution is 0.476. The van der Waals surface area contributed by atoms with Crippen LogP contribution in [0.15, 0.2) is 35.2 Å². The minimum Gasteiger partial charge on any atom is -0.508 e. The molecule has 3 rings (SSSR count). The lowest BCUT2D eigenvalue weighted by Crippen LogP contribution is -1.74. The van der Waals surface area contributed by atoms with Crippen molar-refractivity contribution in [1.29, 1.82) is 0 Å². The lowest BCUT2D eigenvalue weighted by atomic mass is 10.2. The maximum absolute atomic E-state index is 9.38. The van der Waals surface area contributed by atoms with E-state index in [0.29, 0.717) is 11.5 Å². The van der Waals surface area contributed by atoms with Crippen LogP contribution >= 0.6 is 0 Å². The van der Waals surface area contributed by atoms with Crippen LogP contribution in [-0.4, -0.2) is 20.3 Å². The predicted molar refractivity (Wildman–Crippen MR) is 53.3 cm³/mol. The van der Waals surface area contributed by atoms with Gasteiger partial charge in [0.2, 0.25) is 0 Å². The predicted octanol–water partition coefficient (Wildman–Crippen LogP) is 1.92. The monoisotopic (exact) mass is 201 g/mol. The summed E-state index contributed by atoms with van der Waals surface area (Å²) in [4.78, 5) is 3.82. The molecule has 0 radical (unpaired) electrons. The maximum Gasteiger partial charge on any atom is 0.181 e. The van der Waals surface area contributed by atoms with E-state index in [2.05, 4.69) is 15.2 Å². The van der Waals surface area contributed by atoms with Crippen molar-refractivity contribution in [2.45, 2.75) is 0 Å².